The van der Waals surface area contributed by atoms with Crippen LogP contribution >= 0.6 is 50.2 Å². The van der Waals surface area contributed by atoms with E-state index in [0.717, 1.165) is 24.4 Å². The zero-order valence-corrected chi connectivity index (χ0v) is 10.6. The number of hydrogen-bond donors (Lipinski definition) is 0. The minimum absolute atomic E-state index is 0.777. The van der Waals surface area contributed by atoms with Gasteiger partial charge in [0.05, 0.1) is 10.6 Å². The first kappa shape index (κ1) is 9.65. The van der Waals surface area contributed by atoms with E-state index in [-0.39, 0.29) is 0 Å². The van der Waals surface area contributed by atoms with Crippen LogP contribution in [0, 0.1) is 6.92 Å². The fourth-order valence-corrected chi connectivity index (χ4v) is 3.45. The van der Waals surface area contributed by atoms with Gasteiger partial charge in [-0.15, -0.1) is 22.7 Å². The lowest BCUT2D eigenvalue weighted by molar-refractivity contribution is 1.27. The lowest BCUT2D eigenvalue weighted by Crippen LogP contribution is -1.71. The number of nitrogens with zero attached hydrogens (tertiary/aromatic N) is 1. The van der Waals surface area contributed by atoms with Gasteiger partial charge in [0, 0.05) is 9.85 Å². The van der Waals surface area contributed by atoms with E-state index < -0.39 is 0 Å². The van der Waals surface area contributed by atoms with E-state index in [1.54, 1.807) is 11.3 Å². The lowest BCUT2D eigenvalue weighted by Gasteiger charge is -1.84. The molecular weight excluding hydrogens is 290 g/mol. The maximum absolute atomic E-state index is 5.94. The molecular formula is C8H5BrClNS2. The summed E-state index contributed by atoms with van der Waals surface area (Å²) < 4.78 is 1.87. The Morgan fingerprint density at radius 1 is 1.54 bits per heavy atom. The third-order valence-electron chi connectivity index (χ3n) is 1.52. The maximum atomic E-state index is 5.94. The topological polar surface area (TPSA) is 12.9 Å². The van der Waals surface area contributed by atoms with Gasteiger partial charge in [-0.05, 0) is 28.9 Å². The number of rotatable bonds is 1. The molecule has 13 heavy (non-hydrogen) atoms. The van der Waals surface area contributed by atoms with Crippen molar-refractivity contribution in [3.8, 4) is 9.88 Å². The standard InChI is InChI=1S/C8H5BrClNS2/c1-4-7(10)13-8(11-4)6-2-5(9)3-12-6/h2-3H,1H3. The van der Waals surface area contributed by atoms with E-state index in [0.29, 0.717) is 0 Å². The quantitative estimate of drug-likeness (QED) is 0.749. The molecule has 0 fully saturated rings. The van der Waals surface area contributed by atoms with Crippen LogP contribution < -0.4 is 0 Å². The smallest absolute Gasteiger partial charge is 0.135 e. The van der Waals surface area contributed by atoms with Crippen molar-refractivity contribution in [1.29, 1.82) is 0 Å². The van der Waals surface area contributed by atoms with Crippen LogP contribution in [-0.2, 0) is 0 Å². The van der Waals surface area contributed by atoms with E-state index in [1.165, 1.54) is 11.3 Å². The molecule has 0 aromatic carbocycles. The van der Waals surface area contributed by atoms with Crippen LogP contribution in [0.2, 0.25) is 4.34 Å². The average Bonchev–Trinajstić information content (AvgIpc) is 2.61. The van der Waals surface area contributed by atoms with Gasteiger partial charge < -0.3 is 0 Å². The second-order valence-electron chi connectivity index (χ2n) is 2.51. The first-order valence-electron chi connectivity index (χ1n) is 3.54. The fraction of sp³-hybridized carbons (Fsp3) is 0.125. The molecule has 0 radical (unpaired) electrons. The number of thiazole rings is 1. The van der Waals surface area contributed by atoms with Crippen molar-refractivity contribution in [3.63, 3.8) is 0 Å². The van der Waals surface area contributed by atoms with Gasteiger partial charge in [0.2, 0.25) is 0 Å². The van der Waals surface area contributed by atoms with Gasteiger partial charge in [-0.3, -0.25) is 0 Å². The summed E-state index contributed by atoms with van der Waals surface area (Å²) in [5.41, 5.74) is 0.909. The molecule has 2 aromatic rings. The van der Waals surface area contributed by atoms with Crippen LogP contribution in [0.4, 0.5) is 0 Å². The van der Waals surface area contributed by atoms with E-state index in [1.807, 2.05) is 12.3 Å². The molecule has 1 nitrogen and oxygen atoms in total. The van der Waals surface area contributed by atoms with Crippen LogP contribution in [0.3, 0.4) is 0 Å². The number of halogens is 2. The lowest BCUT2D eigenvalue weighted by atomic mass is 10.5. The molecule has 2 heterocycles. The molecule has 0 aliphatic heterocycles. The fourth-order valence-electron chi connectivity index (χ4n) is 0.908. The SMILES string of the molecule is Cc1nc(-c2cc(Br)cs2)sc1Cl. The largest absolute Gasteiger partial charge is 0.239 e. The number of hydrogen-bond acceptors (Lipinski definition) is 3. The minimum atomic E-state index is 0.777. The van der Waals surface area contributed by atoms with Crippen LogP contribution in [0.25, 0.3) is 9.88 Å². The second-order valence-corrected chi connectivity index (χ2v) is 5.94. The van der Waals surface area contributed by atoms with E-state index in [4.69, 9.17) is 11.6 Å². The maximum Gasteiger partial charge on any atom is 0.135 e. The predicted molar refractivity (Wildman–Crippen MR) is 62.9 cm³/mol. The molecule has 0 aliphatic rings. The molecule has 0 unspecified atom stereocenters. The third-order valence-corrected chi connectivity index (χ3v) is 4.83. The Morgan fingerprint density at radius 3 is 2.77 bits per heavy atom. The molecule has 0 saturated heterocycles. The van der Waals surface area contributed by atoms with E-state index in [2.05, 4.69) is 27.0 Å². The normalized spacial score (nSPS) is 10.7. The predicted octanol–water partition coefficient (Wildman–Crippen LogP) is 4.60. The van der Waals surface area contributed by atoms with Gasteiger partial charge in [0.1, 0.15) is 9.34 Å². The van der Waals surface area contributed by atoms with Gasteiger partial charge in [-0.2, -0.15) is 0 Å². The van der Waals surface area contributed by atoms with Gasteiger partial charge >= 0.3 is 0 Å². The monoisotopic (exact) mass is 293 g/mol. The number of thiophene rings is 1. The van der Waals surface area contributed by atoms with Crippen molar-refractivity contribution in [1.82, 2.24) is 4.98 Å². The Kier molecular flexibility index (Phi) is 2.74. The summed E-state index contributed by atoms with van der Waals surface area (Å²) in [4.78, 5) is 5.53. The van der Waals surface area contributed by atoms with Crippen LogP contribution in [0.5, 0.6) is 0 Å². The molecule has 68 valence electrons. The zero-order valence-electron chi connectivity index (χ0n) is 6.67. The molecule has 0 spiro atoms. The summed E-state index contributed by atoms with van der Waals surface area (Å²) in [5.74, 6) is 0. The Labute approximate surface area is 97.5 Å². The number of aryl methyl sites for hydroxylation is 1. The summed E-state index contributed by atoms with van der Waals surface area (Å²) in [7, 11) is 0. The second kappa shape index (κ2) is 3.69. The zero-order chi connectivity index (χ0) is 9.42. The van der Waals surface area contributed by atoms with Crippen LogP contribution in [-0.4, -0.2) is 4.98 Å². The van der Waals surface area contributed by atoms with Gasteiger partial charge in [-0.1, -0.05) is 11.6 Å². The highest BCUT2D eigenvalue weighted by atomic mass is 79.9. The molecule has 0 bridgehead atoms. The molecule has 2 aromatic heterocycles. The highest BCUT2D eigenvalue weighted by Crippen LogP contribution is 2.35. The molecule has 0 amide bonds. The van der Waals surface area contributed by atoms with Crippen LogP contribution in [0.1, 0.15) is 5.69 Å². The van der Waals surface area contributed by atoms with Crippen molar-refractivity contribution >= 4 is 50.2 Å². The van der Waals surface area contributed by atoms with Gasteiger partial charge in [0.25, 0.3) is 0 Å². The summed E-state index contributed by atoms with van der Waals surface area (Å²) >= 11 is 12.5. The minimum Gasteiger partial charge on any atom is -0.239 e. The molecule has 0 saturated carbocycles. The van der Waals surface area contributed by atoms with Gasteiger partial charge in [-0.25, -0.2) is 4.98 Å². The molecule has 5 heteroatoms. The molecule has 0 aliphatic carbocycles. The van der Waals surface area contributed by atoms with Gasteiger partial charge in [0.15, 0.2) is 0 Å². The van der Waals surface area contributed by atoms with Crippen LogP contribution in [0.15, 0.2) is 15.9 Å². The average molecular weight is 295 g/mol. The first-order valence-corrected chi connectivity index (χ1v) is 6.41. The summed E-state index contributed by atoms with van der Waals surface area (Å²) in [5, 5.41) is 3.04. The van der Waals surface area contributed by atoms with Crippen molar-refractivity contribution < 1.29 is 0 Å². The Morgan fingerprint density at radius 2 is 2.31 bits per heavy atom. The highest BCUT2D eigenvalue weighted by Gasteiger charge is 2.08. The summed E-state index contributed by atoms with van der Waals surface area (Å²) in [6.07, 6.45) is 0. The Balaban J connectivity index is 2.46. The Hall–Kier alpha value is 0.1000. The Bertz CT molecular complexity index is 416. The van der Waals surface area contributed by atoms with Crippen molar-refractivity contribution in [2.24, 2.45) is 0 Å². The molecule has 0 atom stereocenters. The molecule has 2 rings (SSSR count). The number of aromatic nitrogens is 1. The summed E-state index contributed by atoms with van der Waals surface area (Å²) in [6, 6.07) is 2.05. The van der Waals surface area contributed by atoms with Crippen molar-refractivity contribution in [3.05, 3.63) is 25.9 Å². The molecule has 0 N–H and O–H groups in total. The van der Waals surface area contributed by atoms with Crippen molar-refractivity contribution in [2.45, 2.75) is 6.92 Å². The highest BCUT2D eigenvalue weighted by molar-refractivity contribution is 9.10. The summed E-state index contributed by atoms with van der Waals surface area (Å²) in [6.45, 7) is 1.92. The van der Waals surface area contributed by atoms with E-state index in [9.17, 15) is 0 Å². The van der Waals surface area contributed by atoms with Crippen molar-refractivity contribution in [2.75, 3.05) is 0 Å². The third kappa shape index (κ3) is 1.96. The van der Waals surface area contributed by atoms with E-state index >= 15 is 0 Å². The first-order chi connectivity index (χ1) is 6.16.